The fourth-order valence-electron chi connectivity index (χ4n) is 0.647. The highest BCUT2D eigenvalue weighted by Crippen LogP contribution is 1.96. The summed E-state index contributed by atoms with van der Waals surface area (Å²) < 4.78 is 0. The lowest BCUT2D eigenvalue weighted by molar-refractivity contribution is 0.546. The van der Waals surface area contributed by atoms with Gasteiger partial charge in [0.25, 0.3) is 0 Å². The first kappa shape index (κ1) is 10.8. The lowest BCUT2D eigenvalue weighted by Crippen LogP contribution is -2.36. The minimum absolute atomic E-state index is 0.540. The molecule has 0 spiro atoms. The van der Waals surface area contributed by atoms with Crippen LogP contribution in [0.2, 0.25) is 0 Å². The van der Waals surface area contributed by atoms with Crippen LogP contribution in [0.4, 0.5) is 0 Å². The van der Waals surface area contributed by atoms with Crippen LogP contribution in [0.3, 0.4) is 0 Å². The lowest BCUT2D eigenvalue weighted by atomic mass is 10.1. The zero-order valence-corrected chi connectivity index (χ0v) is 7.89. The van der Waals surface area contributed by atoms with Crippen molar-refractivity contribution in [3.05, 3.63) is 0 Å². The molecule has 1 unspecified atom stereocenters. The molecular formula is C8H16N4. The molecule has 0 rings (SSSR count). The molecule has 0 saturated heterocycles. The van der Waals surface area contributed by atoms with Gasteiger partial charge in [-0.05, 0) is 5.92 Å². The molecule has 0 aliphatic rings. The number of nitrogens with one attached hydrogen (secondary N) is 2. The fourth-order valence-corrected chi connectivity index (χ4v) is 0.647. The second-order valence-electron chi connectivity index (χ2n) is 2.70. The number of rotatable bonds is 3. The number of aliphatic imine (C=N–C) groups is 1. The molecule has 0 aromatic heterocycles. The van der Waals surface area contributed by atoms with Crippen molar-refractivity contribution in [2.45, 2.75) is 20.3 Å². The predicted molar refractivity (Wildman–Crippen MR) is 49.6 cm³/mol. The van der Waals surface area contributed by atoms with Gasteiger partial charge in [0.1, 0.15) is 0 Å². The van der Waals surface area contributed by atoms with Crippen molar-refractivity contribution in [2.75, 3.05) is 13.6 Å². The molecule has 0 aliphatic carbocycles. The third-order valence-electron chi connectivity index (χ3n) is 1.71. The first-order chi connectivity index (χ1) is 5.74. The van der Waals surface area contributed by atoms with Crippen molar-refractivity contribution in [1.82, 2.24) is 10.6 Å². The van der Waals surface area contributed by atoms with Crippen LogP contribution >= 0.6 is 0 Å². The number of hydrogen-bond donors (Lipinski definition) is 2. The van der Waals surface area contributed by atoms with E-state index in [2.05, 4.69) is 29.5 Å². The van der Waals surface area contributed by atoms with Crippen LogP contribution in [0.15, 0.2) is 4.99 Å². The van der Waals surface area contributed by atoms with Gasteiger partial charge in [-0.1, -0.05) is 20.3 Å². The molecule has 0 aromatic carbocycles. The first-order valence-corrected chi connectivity index (χ1v) is 4.10. The molecule has 0 aromatic rings. The molecular weight excluding hydrogens is 152 g/mol. The minimum atomic E-state index is 0.540. The lowest BCUT2D eigenvalue weighted by Gasteiger charge is -2.11. The monoisotopic (exact) mass is 168 g/mol. The van der Waals surface area contributed by atoms with Gasteiger partial charge in [-0.25, -0.2) is 0 Å². The Labute approximate surface area is 73.7 Å². The number of hydrogen-bond acceptors (Lipinski definition) is 2. The standard InChI is InChI=1S/C8H16N4/c1-4-7(2)5-11-8(10-3)12-6-9/h7H,4-5H2,1-3H3,(H2,10,11,12). The molecule has 4 nitrogen and oxygen atoms in total. The highest BCUT2D eigenvalue weighted by molar-refractivity contribution is 5.80. The number of nitriles is 1. The van der Waals surface area contributed by atoms with Crippen molar-refractivity contribution in [1.29, 1.82) is 5.26 Å². The molecule has 0 radical (unpaired) electrons. The Morgan fingerprint density at radius 1 is 1.67 bits per heavy atom. The van der Waals surface area contributed by atoms with Crippen molar-refractivity contribution in [3.8, 4) is 6.19 Å². The molecule has 0 amide bonds. The summed E-state index contributed by atoms with van der Waals surface area (Å²) in [5, 5.41) is 13.8. The van der Waals surface area contributed by atoms with Gasteiger partial charge in [0.05, 0.1) is 0 Å². The quantitative estimate of drug-likeness (QED) is 0.282. The molecule has 1 atom stereocenters. The molecule has 0 bridgehead atoms. The summed E-state index contributed by atoms with van der Waals surface area (Å²) in [4.78, 5) is 3.86. The highest BCUT2D eigenvalue weighted by atomic mass is 15.2. The van der Waals surface area contributed by atoms with Crippen LogP contribution < -0.4 is 10.6 Å². The van der Waals surface area contributed by atoms with E-state index in [1.54, 1.807) is 7.05 Å². The van der Waals surface area contributed by atoms with E-state index in [1.165, 1.54) is 0 Å². The fraction of sp³-hybridized carbons (Fsp3) is 0.750. The zero-order valence-electron chi connectivity index (χ0n) is 7.89. The molecule has 2 N–H and O–H groups in total. The number of nitrogens with zero attached hydrogens (tertiary/aromatic N) is 2. The maximum absolute atomic E-state index is 8.31. The maximum atomic E-state index is 8.31. The zero-order chi connectivity index (χ0) is 9.40. The maximum Gasteiger partial charge on any atom is 0.204 e. The summed E-state index contributed by atoms with van der Waals surface area (Å²) in [5.74, 6) is 1.14. The molecule has 0 heterocycles. The van der Waals surface area contributed by atoms with Crippen LogP contribution in [-0.2, 0) is 0 Å². The number of guanidine groups is 1. The van der Waals surface area contributed by atoms with Gasteiger partial charge in [-0.3, -0.25) is 10.3 Å². The second kappa shape index (κ2) is 6.47. The molecule has 0 aliphatic heterocycles. The average Bonchev–Trinajstić information content (AvgIpc) is 2.11. The normalized spacial score (nSPS) is 13.3. The van der Waals surface area contributed by atoms with Gasteiger partial charge in [0.2, 0.25) is 5.96 Å². The summed E-state index contributed by atoms with van der Waals surface area (Å²) in [6, 6.07) is 0. The van der Waals surface area contributed by atoms with E-state index in [0.29, 0.717) is 11.9 Å². The molecule has 68 valence electrons. The molecule has 0 saturated carbocycles. The molecule has 0 fully saturated rings. The largest absolute Gasteiger partial charge is 0.355 e. The van der Waals surface area contributed by atoms with E-state index in [0.717, 1.165) is 13.0 Å². The first-order valence-electron chi connectivity index (χ1n) is 4.10. The van der Waals surface area contributed by atoms with Crippen LogP contribution in [0.25, 0.3) is 0 Å². The highest BCUT2D eigenvalue weighted by Gasteiger charge is 1.99. The summed E-state index contributed by atoms with van der Waals surface area (Å²) in [6.07, 6.45) is 2.94. The average molecular weight is 168 g/mol. The van der Waals surface area contributed by atoms with Gasteiger partial charge in [0.15, 0.2) is 6.19 Å². The van der Waals surface area contributed by atoms with Crippen LogP contribution in [-0.4, -0.2) is 19.6 Å². The van der Waals surface area contributed by atoms with E-state index in [9.17, 15) is 0 Å². The minimum Gasteiger partial charge on any atom is -0.355 e. The summed E-state index contributed by atoms with van der Waals surface area (Å²) >= 11 is 0. The van der Waals surface area contributed by atoms with Crippen LogP contribution in [0, 0.1) is 17.4 Å². The van der Waals surface area contributed by atoms with E-state index in [1.807, 2.05) is 6.19 Å². The van der Waals surface area contributed by atoms with Gasteiger partial charge in [-0.15, -0.1) is 0 Å². The second-order valence-corrected chi connectivity index (χ2v) is 2.70. The van der Waals surface area contributed by atoms with Gasteiger partial charge >= 0.3 is 0 Å². The van der Waals surface area contributed by atoms with Crippen molar-refractivity contribution in [2.24, 2.45) is 10.9 Å². The topological polar surface area (TPSA) is 60.2 Å². The van der Waals surface area contributed by atoms with E-state index in [-0.39, 0.29) is 0 Å². The van der Waals surface area contributed by atoms with Crippen molar-refractivity contribution >= 4 is 5.96 Å². The van der Waals surface area contributed by atoms with Gasteiger partial charge < -0.3 is 5.32 Å². The van der Waals surface area contributed by atoms with Crippen LogP contribution in [0.1, 0.15) is 20.3 Å². The van der Waals surface area contributed by atoms with Gasteiger partial charge in [-0.2, -0.15) is 5.26 Å². The Kier molecular flexibility index (Phi) is 5.80. The summed E-state index contributed by atoms with van der Waals surface area (Å²) in [6.45, 7) is 5.12. The Hall–Kier alpha value is -1.24. The SMILES string of the molecule is CCC(C)CNC(=NC)NC#N. The molecule has 12 heavy (non-hydrogen) atoms. The third-order valence-corrected chi connectivity index (χ3v) is 1.71. The summed E-state index contributed by atoms with van der Waals surface area (Å²) in [5.41, 5.74) is 0. The van der Waals surface area contributed by atoms with Crippen molar-refractivity contribution < 1.29 is 0 Å². The Balaban J connectivity index is 3.68. The van der Waals surface area contributed by atoms with Crippen LogP contribution in [0.5, 0.6) is 0 Å². The van der Waals surface area contributed by atoms with Crippen molar-refractivity contribution in [3.63, 3.8) is 0 Å². The van der Waals surface area contributed by atoms with E-state index < -0.39 is 0 Å². The van der Waals surface area contributed by atoms with E-state index >= 15 is 0 Å². The Morgan fingerprint density at radius 2 is 2.33 bits per heavy atom. The summed E-state index contributed by atoms with van der Waals surface area (Å²) in [7, 11) is 1.64. The Bertz CT molecular complexity index is 180. The third kappa shape index (κ3) is 4.56. The predicted octanol–water partition coefficient (Wildman–Crippen LogP) is 0.679. The van der Waals surface area contributed by atoms with E-state index in [4.69, 9.17) is 5.26 Å². The Morgan fingerprint density at radius 3 is 2.75 bits per heavy atom. The molecule has 4 heteroatoms. The van der Waals surface area contributed by atoms with Gasteiger partial charge in [0, 0.05) is 13.6 Å². The smallest absolute Gasteiger partial charge is 0.204 e.